The molecule has 0 saturated carbocycles. The zero-order valence-corrected chi connectivity index (χ0v) is 27.2. The predicted molar refractivity (Wildman–Crippen MR) is 207 cm³/mol. The number of hydrogen-bond acceptors (Lipinski definition) is 3. The number of hydrogen-bond donors (Lipinski definition) is 0. The van der Waals surface area contributed by atoms with Gasteiger partial charge in [0, 0.05) is 16.7 Å². The molecule has 9 rings (SSSR count). The van der Waals surface area contributed by atoms with Gasteiger partial charge in [-0.15, -0.1) is 0 Å². The number of rotatable bonds is 6. The second-order valence-electron chi connectivity index (χ2n) is 12.4. The van der Waals surface area contributed by atoms with Crippen molar-refractivity contribution >= 4 is 21.5 Å². The van der Waals surface area contributed by atoms with Gasteiger partial charge in [-0.1, -0.05) is 182 Å². The Kier molecular flexibility index (Phi) is 7.49. The third kappa shape index (κ3) is 5.51. The van der Waals surface area contributed by atoms with Crippen molar-refractivity contribution in [2.24, 2.45) is 0 Å². The molecule has 50 heavy (non-hydrogen) atoms. The summed E-state index contributed by atoms with van der Waals surface area (Å²) in [6.45, 7) is 0. The first kappa shape index (κ1) is 29.4. The van der Waals surface area contributed by atoms with Crippen molar-refractivity contribution in [1.82, 2.24) is 15.0 Å². The monoisotopic (exact) mass is 637 g/mol. The predicted octanol–water partition coefficient (Wildman–Crippen LogP) is 12.2. The van der Waals surface area contributed by atoms with Crippen molar-refractivity contribution in [3.8, 4) is 67.5 Å². The molecule has 1 aromatic heterocycles. The van der Waals surface area contributed by atoms with Crippen LogP contribution in [0.2, 0.25) is 0 Å². The SMILES string of the molecule is c1ccc(-c2nc(-c3cccc(-c4ccc(-c5cccc6ccccc56)cc4)c3)nc(-c3ccccc3-c3cccc4ccccc34)n2)cc1. The molecule has 0 spiro atoms. The first-order valence-corrected chi connectivity index (χ1v) is 16.9. The smallest absolute Gasteiger partial charge is 0.164 e. The van der Waals surface area contributed by atoms with E-state index in [9.17, 15) is 0 Å². The van der Waals surface area contributed by atoms with E-state index in [1.54, 1.807) is 0 Å². The second kappa shape index (κ2) is 12.7. The molecule has 0 aliphatic rings. The lowest BCUT2D eigenvalue weighted by atomic mass is 9.94. The number of aromatic nitrogens is 3. The first-order valence-electron chi connectivity index (χ1n) is 16.9. The van der Waals surface area contributed by atoms with Gasteiger partial charge >= 0.3 is 0 Å². The van der Waals surface area contributed by atoms with Gasteiger partial charge in [0.1, 0.15) is 0 Å². The highest BCUT2D eigenvalue weighted by Gasteiger charge is 2.17. The van der Waals surface area contributed by atoms with Crippen molar-refractivity contribution in [3.63, 3.8) is 0 Å². The van der Waals surface area contributed by atoms with Gasteiger partial charge in [-0.2, -0.15) is 0 Å². The van der Waals surface area contributed by atoms with Crippen LogP contribution < -0.4 is 0 Å². The van der Waals surface area contributed by atoms with Crippen molar-refractivity contribution in [2.75, 3.05) is 0 Å². The fourth-order valence-electron chi connectivity index (χ4n) is 6.87. The van der Waals surface area contributed by atoms with E-state index in [1.165, 1.54) is 32.7 Å². The number of fused-ring (bicyclic) bond motifs is 2. The summed E-state index contributed by atoms with van der Waals surface area (Å²) in [6.07, 6.45) is 0. The highest BCUT2D eigenvalue weighted by atomic mass is 15.0. The Hall–Kier alpha value is -6.71. The van der Waals surface area contributed by atoms with Crippen LogP contribution in [0.5, 0.6) is 0 Å². The molecule has 0 aliphatic carbocycles. The molecule has 0 fully saturated rings. The van der Waals surface area contributed by atoms with E-state index in [0.29, 0.717) is 17.5 Å². The molecular formula is C47H31N3. The van der Waals surface area contributed by atoms with Crippen LogP contribution in [0.1, 0.15) is 0 Å². The first-order chi connectivity index (χ1) is 24.8. The van der Waals surface area contributed by atoms with Gasteiger partial charge < -0.3 is 0 Å². The van der Waals surface area contributed by atoms with E-state index in [4.69, 9.17) is 15.0 Å². The summed E-state index contributed by atoms with van der Waals surface area (Å²) in [5.41, 5.74) is 9.74. The summed E-state index contributed by atoms with van der Waals surface area (Å²) in [7, 11) is 0. The van der Waals surface area contributed by atoms with E-state index in [0.717, 1.165) is 38.9 Å². The van der Waals surface area contributed by atoms with Crippen LogP contribution in [0.15, 0.2) is 188 Å². The molecule has 0 atom stereocenters. The van der Waals surface area contributed by atoms with Crippen LogP contribution in [0.3, 0.4) is 0 Å². The van der Waals surface area contributed by atoms with Gasteiger partial charge in [-0.3, -0.25) is 0 Å². The van der Waals surface area contributed by atoms with Gasteiger partial charge in [-0.25, -0.2) is 15.0 Å². The van der Waals surface area contributed by atoms with E-state index in [2.05, 4.69) is 158 Å². The maximum atomic E-state index is 5.16. The Morgan fingerprint density at radius 2 is 0.700 bits per heavy atom. The van der Waals surface area contributed by atoms with E-state index in [1.807, 2.05) is 30.3 Å². The summed E-state index contributed by atoms with van der Waals surface area (Å²) in [5.74, 6) is 1.92. The molecule has 8 aromatic carbocycles. The summed E-state index contributed by atoms with van der Waals surface area (Å²) in [6, 6.07) is 65.8. The highest BCUT2D eigenvalue weighted by molar-refractivity contribution is 6.00. The molecule has 0 radical (unpaired) electrons. The lowest BCUT2D eigenvalue weighted by Gasteiger charge is -2.14. The summed E-state index contributed by atoms with van der Waals surface area (Å²) in [4.78, 5) is 15.3. The van der Waals surface area contributed by atoms with Crippen LogP contribution in [0, 0.1) is 0 Å². The van der Waals surface area contributed by atoms with E-state index in [-0.39, 0.29) is 0 Å². The van der Waals surface area contributed by atoms with Crippen molar-refractivity contribution < 1.29 is 0 Å². The van der Waals surface area contributed by atoms with Crippen molar-refractivity contribution in [2.45, 2.75) is 0 Å². The second-order valence-corrected chi connectivity index (χ2v) is 12.4. The molecule has 0 saturated heterocycles. The lowest BCUT2D eigenvalue weighted by molar-refractivity contribution is 1.07. The zero-order valence-electron chi connectivity index (χ0n) is 27.2. The molecule has 0 amide bonds. The largest absolute Gasteiger partial charge is 0.208 e. The Morgan fingerprint density at radius 3 is 1.44 bits per heavy atom. The third-order valence-electron chi connectivity index (χ3n) is 9.35. The minimum absolute atomic E-state index is 0.635. The van der Waals surface area contributed by atoms with E-state index < -0.39 is 0 Å². The Balaban J connectivity index is 1.15. The minimum Gasteiger partial charge on any atom is -0.208 e. The van der Waals surface area contributed by atoms with Gasteiger partial charge in [0.2, 0.25) is 0 Å². The normalized spacial score (nSPS) is 11.2. The van der Waals surface area contributed by atoms with Crippen LogP contribution in [0.4, 0.5) is 0 Å². The summed E-state index contributed by atoms with van der Waals surface area (Å²) in [5, 5.41) is 4.89. The van der Waals surface area contributed by atoms with Gasteiger partial charge in [0.05, 0.1) is 0 Å². The average Bonchev–Trinajstić information content (AvgIpc) is 3.21. The average molecular weight is 638 g/mol. The maximum Gasteiger partial charge on any atom is 0.164 e. The van der Waals surface area contributed by atoms with Crippen LogP contribution in [-0.2, 0) is 0 Å². The molecule has 3 heteroatoms. The Morgan fingerprint density at radius 1 is 0.240 bits per heavy atom. The molecule has 9 aromatic rings. The molecule has 1 heterocycles. The van der Waals surface area contributed by atoms with Crippen molar-refractivity contribution in [1.29, 1.82) is 0 Å². The molecule has 234 valence electrons. The highest BCUT2D eigenvalue weighted by Crippen LogP contribution is 2.37. The Labute approximate surface area is 291 Å². The summed E-state index contributed by atoms with van der Waals surface area (Å²) < 4.78 is 0. The van der Waals surface area contributed by atoms with Crippen LogP contribution >= 0.6 is 0 Å². The minimum atomic E-state index is 0.635. The molecule has 0 bridgehead atoms. The lowest BCUT2D eigenvalue weighted by Crippen LogP contribution is -2.01. The fourth-order valence-corrected chi connectivity index (χ4v) is 6.87. The van der Waals surface area contributed by atoms with Gasteiger partial charge in [0.25, 0.3) is 0 Å². The topological polar surface area (TPSA) is 38.7 Å². The summed E-state index contributed by atoms with van der Waals surface area (Å²) >= 11 is 0. The van der Waals surface area contributed by atoms with Gasteiger partial charge in [0.15, 0.2) is 17.5 Å². The van der Waals surface area contributed by atoms with Crippen LogP contribution in [0.25, 0.3) is 89.1 Å². The fraction of sp³-hybridized carbons (Fsp3) is 0. The number of nitrogens with zero attached hydrogens (tertiary/aromatic N) is 3. The molecule has 0 aliphatic heterocycles. The third-order valence-corrected chi connectivity index (χ3v) is 9.35. The molecule has 3 nitrogen and oxygen atoms in total. The Bertz CT molecular complexity index is 2630. The molecule has 0 N–H and O–H groups in total. The quantitative estimate of drug-likeness (QED) is 0.182. The van der Waals surface area contributed by atoms with E-state index >= 15 is 0 Å². The standard InChI is InChI=1S/C47H31N3/c1-2-15-36(16-3-1)45-48-46(50-47(49-45)44-24-9-8-23-43(44)42-26-12-18-34-14-5-7-22-41(34)42)38-20-10-19-37(31-38)32-27-29-35(30-28-32)40-25-11-17-33-13-4-6-21-39(33)40/h1-31H. The zero-order chi connectivity index (χ0) is 33.3. The van der Waals surface area contributed by atoms with Gasteiger partial charge in [-0.05, 0) is 61.0 Å². The van der Waals surface area contributed by atoms with Crippen molar-refractivity contribution in [3.05, 3.63) is 188 Å². The molecule has 0 unspecified atom stereocenters. The number of benzene rings is 8. The maximum absolute atomic E-state index is 5.16. The van der Waals surface area contributed by atoms with Crippen LogP contribution in [-0.4, -0.2) is 15.0 Å². The molecular weight excluding hydrogens is 607 g/mol.